The standard InChI is InChI=1S/C14H17NO3S/c16-8-2-1-3-11-6-10-19-13(11)14(18)15(7-9-17)12-4-5-12/h6,10,12,16-17H,2,4-5,7-9H2. The fraction of sp³-hybridized carbons (Fsp3) is 0.500. The molecule has 4 nitrogen and oxygen atoms in total. The number of carbonyl (C=O) groups is 1. The first kappa shape index (κ1) is 14.1. The number of amides is 1. The minimum Gasteiger partial charge on any atom is -0.395 e. The molecule has 5 heteroatoms. The molecule has 1 heterocycles. The average molecular weight is 279 g/mol. The molecular weight excluding hydrogens is 262 g/mol. The molecule has 0 bridgehead atoms. The van der Waals surface area contributed by atoms with E-state index in [1.54, 1.807) is 4.90 Å². The van der Waals surface area contributed by atoms with Crippen molar-refractivity contribution >= 4 is 17.2 Å². The van der Waals surface area contributed by atoms with E-state index >= 15 is 0 Å². The summed E-state index contributed by atoms with van der Waals surface area (Å²) in [7, 11) is 0. The number of nitrogens with zero attached hydrogens (tertiary/aromatic N) is 1. The Morgan fingerprint density at radius 3 is 2.84 bits per heavy atom. The maximum Gasteiger partial charge on any atom is 0.265 e. The zero-order valence-electron chi connectivity index (χ0n) is 10.6. The molecule has 0 unspecified atom stereocenters. The van der Waals surface area contributed by atoms with Gasteiger partial charge in [0.25, 0.3) is 5.91 Å². The van der Waals surface area contributed by atoms with E-state index in [2.05, 4.69) is 11.8 Å². The monoisotopic (exact) mass is 279 g/mol. The van der Waals surface area contributed by atoms with E-state index in [1.165, 1.54) is 11.3 Å². The topological polar surface area (TPSA) is 60.8 Å². The summed E-state index contributed by atoms with van der Waals surface area (Å²) in [6.07, 6.45) is 2.44. The van der Waals surface area contributed by atoms with Crippen molar-refractivity contribution in [2.75, 3.05) is 19.8 Å². The van der Waals surface area contributed by atoms with Crippen LogP contribution >= 0.6 is 11.3 Å². The summed E-state index contributed by atoms with van der Waals surface area (Å²) in [6, 6.07) is 2.10. The minimum absolute atomic E-state index is 0.0147. The Labute approximate surface area is 116 Å². The number of thiophene rings is 1. The summed E-state index contributed by atoms with van der Waals surface area (Å²) >= 11 is 1.38. The van der Waals surface area contributed by atoms with Crippen LogP contribution in [0.1, 0.15) is 34.5 Å². The normalized spacial score (nSPS) is 13.8. The quantitative estimate of drug-likeness (QED) is 0.793. The number of aliphatic hydroxyl groups excluding tert-OH is 2. The van der Waals surface area contributed by atoms with Gasteiger partial charge in [0.15, 0.2) is 0 Å². The molecule has 1 aromatic rings. The lowest BCUT2D eigenvalue weighted by Gasteiger charge is -2.20. The first-order valence-electron chi connectivity index (χ1n) is 6.37. The molecule has 0 saturated heterocycles. The van der Waals surface area contributed by atoms with E-state index in [0.717, 1.165) is 12.8 Å². The van der Waals surface area contributed by atoms with E-state index in [4.69, 9.17) is 10.2 Å². The van der Waals surface area contributed by atoms with Crippen molar-refractivity contribution in [2.24, 2.45) is 0 Å². The van der Waals surface area contributed by atoms with Crippen molar-refractivity contribution in [2.45, 2.75) is 25.3 Å². The Morgan fingerprint density at radius 1 is 1.42 bits per heavy atom. The fourth-order valence-electron chi connectivity index (χ4n) is 1.86. The van der Waals surface area contributed by atoms with Gasteiger partial charge in [-0.3, -0.25) is 4.79 Å². The van der Waals surface area contributed by atoms with Gasteiger partial charge in [0.05, 0.1) is 13.2 Å². The third kappa shape index (κ3) is 3.57. The van der Waals surface area contributed by atoms with Crippen molar-refractivity contribution in [1.29, 1.82) is 0 Å². The van der Waals surface area contributed by atoms with Gasteiger partial charge in [-0.2, -0.15) is 0 Å². The van der Waals surface area contributed by atoms with Crippen molar-refractivity contribution in [1.82, 2.24) is 4.90 Å². The molecule has 19 heavy (non-hydrogen) atoms. The number of hydrogen-bond donors (Lipinski definition) is 2. The molecule has 2 N–H and O–H groups in total. The summed E-state index contributed by atoms with van der Waals surface area (Å²) in [5.41, 5.74) is 0.715. The van der Waals surface area contributed by atoms with Gasteiger partial charge >= 0.3 is 0 Å². The van der Waals surface area contributed by atoms with E-state index in [1.807, 2.05) is 11.4 Å². The van der Waals surface area contributed by atoms with Crippen LogP contribution in [0.15, 0.2) is 11.4 Å². The van der Waals surface area contributed by atoms with Crippen LogP contribution < -0.4 is 0 Å². The second-order valence-electron chi connectivity index (χ2n) is 4.39. The zero-order chi connectivity index (χ0) is 13.7. The lowest BCUT2D eigenvalue weighted by Crippen LogP contribution is -2.35. The number of rotatable bonds is 5. The van der Waals surface area contributed by atoms with Gasteiger partial charge in [-0.05, 0) is 24.3 Å². The highest BCUT2D eigenvalue weighted by Gasteiger charge is 2.33. The number of aliphatic hydroxyl groups is 2. The van der Waals surface area contributed by atoms with Gasteiger partial charge in [-0.15, -0.1) is 11.3 Å². The second kappa shape index (κ2) is 6.71. The van der Waals surface area contributed by atoms with Crippen LogP contribution in [0.5, 0.6) is 0 Å². The highest BCUT2D eigenvalue weighted by molar-refractivity contribution is 7.12. The molecule has 1 amide bonds. The van der Waals surface area contributed by atoms with Crippen LogP contribution in [0.4, 0.5) is 0 Å². The van der Waals surface area contributed by atoms with Crippen molar-refractivity contribution in [3.8, 4) is 11.8 Å². The maximum absolute atomic E-state index is 12.4. The molecule has 0 aliphatic heterocycles. The first-order valence-corrected chi connectivity index (χ1v) is 7.25. The van der Waals surface area contributed by atoms with Crippen molar-refractivity contribution in [3.05, 3.63) is 21.9 Å². The molecule has 1 aromatic heterocycles. The van der Waals surface area contributed by atoms with E-state index in [-0.39, 0.29) is 25.2 Å². The Morgan fingerprint density at radius 2 is 2.21 bits per heavy atom. The molecular formula is C14H17NO3S. The van der Waals surface area contributed by atoms with Crippen LogP contribution in [-0.4, -0.2) is 46.8 Å². The second-order valence-corrected chi connectivity index (χ2v) is 5.31. The molecule has 0 radical (unpaired) electrons. The van der Waals surface area contributed by atoms with Gasteiger partial charge < -0.3 is 15.1 Å². The van der Waals surface area contributed by atoms with Crippen LogP contribution in [0, 0.1) is 11.8 Å². The summed E-state index contributed by atoms with van der Waals surface area (Å²) in [5.74, 6) is 5.72. The predicted octanol–water partition coefficient (Wildman–Crippen LogP) is 1.08. The molecule has 0 aromatic carbocycles. The van der Waals surface area contributed by atoms with E-state index < -0.39 is 0 Å². The highest BCUT2D eigenvalue weighted by Crippen LogP contribution is 2.29. The van der Waals surface area contributed by atoms with Gasteiger partial charge in [0, 0.05) is 24.6 Å². The van der Waals surface area contributed by atoms with Crippen molar-refractivity contribution in [3.63, 3.8) is 0 Å². The Balaban J connectivity index is 2.14. The van der Waals surface area contributed by atoms with Crippen LogP contribution in [-0.2, 0) is 0 Å². The third-order valence-electron chi connectivity index (χ3n) is 2.91. The van der Waals surface area contributed by atoms with Gasteiger partial charge in [0.2, 0.25) is 0 Å². The first-order chi connectivity index (χ1) is 9.27. The van der Waals surface area contributed by atoms with E-state index in [0.29, 0.717) is 23.4 Å². The molecule has 2 rings (SSSR count). The number of hydrogen-bond acceptors (Lipinski definition) is 4. The molecule has 1 saturated carbocycles. The molecule has 1 fully saturated rings. The van der Waals surface area contributed by atoms with Crippen LogP contribution in [0.3, 0.4) is 0 Å². The zero-order valence-corrected chi connectivity index (χ0v) is 11.4. The molecule has 102 valence electrons. The summed E-state index contributed by atoms with van der Waals surface area (Å²) < 4.78 is 0. The Hall–Kier alpha value is -1.35. The predicted molar refractivity (Wildman–Crippen MR) is 74.0 cm³/mol. The van der Waals surface area contributed by atoms with Gasteiger partial charge in [0.1, 0.15) is 4.88 Å². The van der Waals surface area contributed by atoms with Crippen LogP contribution in [0.2, 0.25) is 0 Å². The van der Waals surface area contributed by atoms with Crippen LogP contribution in [0.25, 0.3) is 0 Å². The molecule has 0 atom stereocenters. The molecule has 0 spiro atoms. The van der Waals surface area contributed by atoms with Crippen molar-refractivity contribution < 1.29 is 15.0 Å². The number of carbonyl (C=O) groups excluding carboxylic acids is 1. The maximum atomic E-state index is 12.4. The lowest BCUT2D eigenvalue weighted by molar-refractivity contribution is 0.0712. The van der Waals surface area contributed by atoms with Gasteiger partial charge in [-0.25, -0.2) is 0 Å². The highest BCUT2D eigenvalue weighted by atomic mass is 32.1. The van der Waals surface area contributed by atoms with E-state index in [9.17, 15) is 4.79 Å². The summed E-state index contributed by atoms with van der Waals surface area (Å²) in [5, 5.41) is 19.6. The fourth-order valence-corrected chi connectivity index (χ4v) is 2.67. The molecule has 1 aliphatic carbocycles. The Kier molecular flexibility index (Phi) is 4.97. The summed E-state index contributed by atoms with van der Waals surface area (Å²) in [4.78, 5) is 14.8. The average Bonchev–Trinajstić information content (AvgIpc) is 3.14. The summed E-state index contributed by atoms with van der Waals surface area (Å²) in [6.45, 7) is 0.392. The Bertz CT molecular complexity index is 496. The third-order valence-corrected chi connectivity index (χ3v) is 3.81. The minimum atomic E-state index is -0.0418. The van der Waals surface area contributed by atoms with Gasteiger partial charge in [-0.1, -0.05) is 11.8 Å². The largest absolute Gasteiger partial charge is 0.395 e. The smallest absolute Gasteiger partial charge is 0.265 e. The SMILES string of the molecule is O=C(c1sccc1C#CCCO)N(CCO)C1CC1. The molecule has 1 aliphatic rings. The lowest BCUT2D eigenvalue weighted by atomic mass is 10.2.